The first-order valence-electron chi connectivity index (χ1n) is 6.49. The Bertz CT molecular complexity index is 394. The number of nitrogens with zero attached hydrogens (tertiary/aromatic N) is 1. The SMILES string of the molecule is C=C(NC(C)c1ccc(C)cn1)C1CC1CC. The number of nitrogens with one attached hydrogen (secondary N) is 1. The van der Waals surface area contributed by atoms with Crippen molar-refractivity contribution in [2.24, 2.45) is 11.8 Å². The van der Waals surface area contributed by atoms with Gasteiger partial charge in [-0.25, -0.2) is 0 Å². The van der Waals surface area contributed by atoms with Crippen molar-refractivity contribution in [1.29, 1.82) is 0 Å². The second-order valence-electron chi connectivity index (χ2n) is 5.16. The number of allylic oxidation sites excluding steroid dienone is 1. The Hall–Kier alpha value is -1.31. The zero-order valence-corrected chi connectivity index (χ0v) is 11.0. The van der Waals surface area contributed by atoms with E-state index in [4.69, 9.17) is 0 Å². The molecule has 1 aliphatic carbocycles. The second-order valence-corrected chi connectivity index (χ2v) is 5.16. The van der Waals surface area contributed by atoms with Crippen LogP contribution < -0.4 is 5.32 Å². The summed E-state index contributed by atoms with van der Waals surface area (Å²) in [5, 5.41) is 3.48. The lowest BCUT2D eigenvalue weighted by Gasteiger charge is -2.17. The molecule has 0 spiro atoms. The van der Waals surface area contributed by atoms with Crippen LogP contribution in [0.3, 0.4) is 0 Å². The van der Waals surface area contributed by atoms with E-state index in [2.05, 4.69) is 49.8 Å². The van der Waals surface area contributed by atoms with E-state index in [1.165, 1.54) is 24.1 Å². The van der Waals surface area contributed by atoms with Crippen LogP contribution in [-0.4, -0.2) is 4.98 Å². The fourth-order valence-corrected chi connectivity index (χ4v) is 2.32. The Balaban J connectivity index is 1.91. The first-order valence-corrected chi connectivity index (χ1v) is 6.49. The molecule has 1 aliphatic rings. The van der Waals surface area contributed by atoms with Crippen molar-refractivity contribution >= 4 is 0 Å². The summed E-state index contributed by atoms with van der Waals surface area (Å²) < 4.78 is 0. The van der Waals surface area contributed by atoms with Crippen LogP contribution in [0, 0.1) is 18.8 Å². The molecule has 1 N–H and O–H groups in total. The largest absolute Gasteiger partial charge is 0.380 e. The van der Waals surface area contributed by atoms with Gasteiger partial charge >= 0.3 is 0 Å². The molecule has 1 heterocycles. The van der Waals surface area contributed by atoms with Gasteiger partial charge in [0.2, 0.25) is 0 Å². The van der Waals surface area contributed by atoms with E-state index in [0.717, 1.165) is 11.6 Å². The van der Waals surface area contributed by atoms with Crippen molar-refractivity contribution in [3.63, 3.8) is 0 Å². The van der Waals surface area contributed by atoms with E-state index in [1.807, 2.05) is 6.20 Å². The molecule has 17 heavy (non-hydrogen) atoms. The molecule has 0 saturated heterocycles. The van der Waals surface area contributed by atoms with E-state index in [1.54, 1.807) is 0 Å². The summed E-state index contributed by atoms with van der Waals surface area (Å²) in [6.45, 7) is 10.6. The van der Waals surface area contributed by atoms with Crippen molar-refractivity contribution < 1.29 is 0 Å². The lowest BCUT2D eigenvalue weighted by Crippen LogP contribution is -2.19. The maximum absolute atomic E-state index is 4.45. The molecule has 92 valence electrons. The van der Waals surface area contributed by atoms with Gasteiger partial charge in [-0.2, -0.15) is 0 Å². The van der Waals surface area contributed by atoms with E-state index in [0.29, 0.717) is 5.92 Å². The minimum atomic E-state index is 0.251. The molecule has 1 aromatic rings. The Morgan fingerprint density at radius 3 is 2.88 bits per heavy atom. The molecule has 0 radical (unpaired) electrons. The fraction of sp³-hybridized carbons (Fsp3) is 0.533. The smallest absolute Gasteiger partial charge is 0.0654 e. The van der Waals surface area contributed by atoms with Gasteiger partial charge in [0.1, 0.15) is 0 Å². The third-order valence-corrected chi connectivity index (χ3v) is 3.67. The van der Waals surface area contributed by atoms with Crippen molar-refractivity contribution in [2.45, 2.75) is 39.7 Å². The van der Waals surface area contributed by atoms with Crippen LogP contribution in [0.1, 0.15) is 44.0 Å². The normalized spacial score (nSPS) is 24.2. The van der Waals surface area contributed by atoms with Gasteiger partial charge in [0.05, 0.1) is 11.7 Å². The summed E-state index contributed by atoms with van der Waals surface area (Å²) in [5.74, 6) is 1.54. The molecular formula is C15H22N2. The van der Waals surface area contributed by atoms with Crippen LogP contribution >= 0.6 is 0 Å². The standard InChI is InChI=1S/C15H22N2/c1-5-13-8-14(13)11(3)17-12(4)15-7-6-10(2)9-16-15/h6-7,9,12-14,17H,3,5,8H2,1-2,4H3. The van der Waals surface area contributed by atoms with Crippen LogP contribution in [0.4, 0.5) is 0 Å². The molecule has 1 saturated carbocycles. The van der Waals surface area contributed by atoms with E-state index < -0.39 is 0 Å². The van der Waals surface area contributed by atoms with E-state index in [9.17, 15) is 0 Å². The Labute approximate surface area is 104 Å². The molecule has 0 amide bonds. The maximum atomic E-state index is 4.45. The molecule has 2 heteroatoms. The van der Waals surface area contributed by atoms with Crippen LogP contribution in [0.15, 0.2) is 30.6 Å². The number of hydrogen-bond acceptors (Lipinski definition) is 2. The second kappa shape index (κ2) is 4.91. The van der Waals surface area contributed by atoms with E-state index >= 15 is 0 Å². The zero-order chi connectivity index (χ0) is 12.4. The molecule has 0 aromatic carbocycles. The van der Waals surface area contributed by atoms with Crippen LogP contribution in [-0.2, 0) is 0 Å². The van der Waals surface area contributed by atoms with Crippen LogP contribution in [0.25, 0.3) is 0 Å². The average Bonchev–Trinajstić information content (AvgIpc) is 3.09. The highest BCUT2D eigenvalue weighted by atomic mass is 15.0. The van der Waals surface area contributed by atoms with Crippen molar-refractivity contribution in [1.82, 2.24) is 10.3 Å². The number of rotatable bonds is 5. The summed E-state index contributed by atoms with van der Waals surface area (Å²) in [6, 6.07) is 4.45. The van der Waals surface area contributed by atoms with Crippen molar-refractivity contribution in [3.05, 3.63) is 41.9 Å². The van der Waals surface area contributed by atoms with Crippen LogP contribution in [0.5, 0.6) is 0 Å². The van der Waals surface area contributed by atoms with Gasteiger partial charge in [-0.15, -0.1) is 0 Å². The first-order chi connectivity index (χ1) is 8.11. The minimum absolute atomic E-state index is 0.251. The van der Waals surface area contributed by atoms with Gasteiger partial charge in [0.25, 0.3) is 0 Å². The molecule has 1 fully saturated rings. The quantitative estimate of drug-likeness (QED) is 0.836. The molecule has 0 bridgehead atoms. The van der Waals surface area contributed by atoms with Gasteiger partial charge in [-0.3, -0.25) is 4.98 Å². The summed E-state index contributed by atoms with van der Waals surface area (Å²) >= 11 is 0. The van der Waals surface area contributed by atoms with Gasteiger partial charge in [0, 0.05) is 17.8 Å². The number of pyridine rings is 1. The molecule has 2 rings (SSSR count). The topological polar surface area (TPSA) is 24.9 Å². The Kier molecular flexibility index (Phi) is 3.51. The summed E-state index contributed by atoms with van der Waals surface area (Å²) in [6.07, 6.45) is 4.49. The molecule has 3 atom stereocenters. The number of hydrogen-bond donors (Lipinski definition) is 1. The van der Waals surface area contributed by atoms with E-state index in [-0.39, 0.29) is 6.04 Å². The van der Waals surface area contributed by atoms with Crippen molar-refractivity contribution in [2.75, 3.05) is 0 Å². The third kappa shape index (κ3) is 2.87. The minimum Gasteiger partial charge on any atom is -0.380 e. The van der Waals surface area contributed by atoms with Gasteiger partial charge < -0.3 is 5.32 Å². The Morgan fingerprint density at radius 2 is 2.35 bits per heavy atom. The summed E-state index contributed by atoms with van der Waals surface area (Å²) in [5.41, 5.74) is 3.48. The number of aromatic nitrogens is 1. The molecular weight excluding hydrogens is 208 g/mol. The molecule has 0 aliphatic heterocycles. The van der Waals surface area contributed by atoms with Crippen molar-refractivity contribution in [3.8, 4) is 0 Å². The highest BCUT2D eigenvalue weighted by Gasteiger charge is 2.37. The van der Waals surface area contributed by atoms with Gasteiger partial charge in [-0.05, 0) is 37.8 Å². The predicted molar refractivity (Wildman–Crippen MR) is 71.6 cm³/mol. The average molecular weight is 230 g/mol. The highest BCUT2D eigenvalue weighted by Crippen LogP contribution is 2.45. The Morgan fingerprint density at radius 1 is 1.59 bits per heavy atom. The van der Waals surface area contributed by atoms with Gasteiger partial charge in [0.15, 0.2) is 0 Å². The monoisotopic (exact) mass is 230 g/mol. The first kappa shape index (κ1) is 12.2. The molecule has 3 unspecified atom stereocenters. The maximum Gasteiger partial charge on any atom is 0.0654 e. The lowest BCUT2D eigenvalue weighted by molar-refractivity contribution is 0.589. The fourth-order valence-electron chi connectivity index (χ4n) is 2.32. The summed E-state index contributed by atoms with van der Waals surface area (Å²) in [7, 11) is 0. The van der Waals surface area contributed by atoms with Crippen LogP contribution in [0.2, 0.25) is 0 Å². The predicted octanol–water partition coefficient (Wildman–Crippen LogP) is 3.60. The highest BCUT2D eigenvalue weighted by molar-refractivity contribution is 5.17. The lowest BCUT2D eigenvalue weighted by atomic mass is 10.1. The molecule has 2 nitrogen and oxygen atoms in total. The number of aryl methyl sites for hydroxylation is 1. The third-order valence-electron chi connectivity index (χ3n) is 3.67. The zero-order valence-electron chi connectivity index (χ0n) is 11.0. The van der Waals surface area contributed by atoms with Gasteiger partial charge in [-0.1, -0.05) is 26.0 Å². The summed E-state index contributed by atoms with van der Waals surface area (Å²) in [4.78, 5) is 4.45. The molecule has 1 aromatic heterocycles.